The Morgan fingerprint density at radius 3 is 2.65 bits per heavy atom. The molecule has 1 aliphatic rings. The number of piperazine rings is 1. The molecule has 0 unspecified atom stereocenters. The Kier molecular flexibility index (Phi) is 6.68. The number of hydrogen-bond donors (Lipinski definition) is 1. The van der Waals surface area contributed by atoms with Gasteiger partial charge in [0, 0.05) is 37.3 Å². The fourth-order valence-electron chi connectivity index (χ4n) is 2.62. The van der Waals surface area contributed by atoms with Gasteiger partial charge in [-0.15, -0.1) is 0 Å². The summed E-state index contributed by atoms with van der Waals surface area (Å²) in [4.78, 5) is 16.8. The number of likely N-dealkylation sites (N-methyl/N-ethyl adjacent to an activating group) is 1. The van der Waals surface area contributed by atoms with Crippen molar-refractivity contribution in [1.29, 1.82) is 0 Å². The second-order valence-corrected chi connectivity index (χ2v) is 5.89. The predicted molar refractivity (Wildman–Crippen MR) is 98.4 cm³/mol. The van der Waals surface area contributed by atoms with Crippen molar-refractivity contribution in [3.63, 3.8) is 0 Å². The summed E-state index contributed by atoms with van der Waals surface area (Å²) in [6, 6.07) is 5.66. The zero-order valence-corrected chi connectivity index (χ0v) is 14.5. The van der Waals surface area contributed by atoms with Crippen LogP contribution in [-0.4, -0.2) is 43.5 Å². The van der Waals surface area contributed by atoms with Crippen LogP contribution >= 0.6 is 11.6 Å². The Bertz CT molecular complexity index is 590. The van der Waals surface area contributed by atoms with Crippen LogP contribution in [0.15, 0.2) is 42.5 Å². The number of hydrogen-bond acceptors (Lipinski definition) is 3. The van der Waals surface area contributed by atoms with Crippen molar-refractivity contribution < 1.29 is 4.79 Å². The normalized spacial score (nSPS) is 16.4. The van der Waals surface area contributed by atoms with E-state index in [2.05, 4.69) is 22.0 Å². The highest BCUT2D eigenvalue weighted by Gasteiger charge is 2.19. The molecule has 1 aliphatic heterocycles. The van der Waals surface area contributed by atoms with Gasteiger partial charge in [-0.1, -0.05) is 36.8 Å². The van der Waals surface area contributed by atoms with E-state index in [1.807, 2.05) is 37.3 Å². The van der Waals surface area contributed by atoms with Gasteiger partial charge in [-0.3, -0.25) is 4.79 Å². The van der Waals surface area contributed by atoms with E-state index in [0.29, 0.717) is 5.02 Å². The number of nitrogens with one attached hydrogen (secondary N) is 1. The van der Waals surface area contributed by atoms with Crippen LogP contribution in [0.3, 0.4) is 0 Å². The molecule has 0 saturated carbocycles. The number of anilines is 2. The zero-order valence-electron chi connectivity index (χ0n) is 13.8. The molecule has 2 rings (SSSR count). The Hall–Kier alpha value is -1.78. The average Bonchev–Trinajstić information content (AvgIpc) is 2.55. The van der Waals surface area contributed by atoms with Gasteiger partial charge in [0.1, 0.15) is 0 Å². The van der Waals surface area contributed by atoms with Gasteiger partial charge < -0.3 is 15.1 Å². The number of rotatable bonds is 5. The van der Waals surface area contributed by atoms with E-state index in [1.165, 1.54) is 6.08 Å². The molecule has 0 atom stereocenters. The van der Waals surface area contributed by atoms with Crippen LogP contribution in [0.4, 0.5) is 11.4 Å². The minimum atomic E-state index is -0.154. The first-order valence-corrected chi connectivity index (χ1v) is 8.39. The van der Waals surface area contributed by atoms with Crippen molar-refractivity contribution in [1.82, 2.24) is 4.90 Å². The highest BCUT2D eigenvalue weighted by molar-refractivity contribution is 6.31. The lowest BCUT2D eigenvalue weighted by atomic mass is 10.2. The quantitative estimate of drug-likeness (QED) is 0.661. The largest absolute Gasteiger partial charge is 0.367 e. The van der Waals surface area contributed by atoms with Gasteiger partial charge in [0.05, 0.1) is 11.4 Å². The smallest absolute Gasteiger partial charge is 0.248 e. The second-order valence-electron chi connectivity index (χ2n) is 5.46. The van der Waals surface area contributed by atoms with Crippen molar-refractivity contribution in [3.8, 4) is 0 Å². The summed E-state index contributed by atoms with van der Waals surface area (Å²) in [7, 11) is 0. The third-order valence-electron chi connectivity index (χ3n) is 3.93. The van der Waals surface area contributed by atoms with E-state index in [4.69, 9.17) is 11.6 Å². The van der Waals surface area contributed by atoms with Gasteiger partial charge in [-0.25, -0.2) is 0 Å². The third kappa shape index (κ3) is 5.12. The van der Waals surface area contributed by atoms with Crippen LogP contribution < -0.4 is 10.2 Å². The first-order valence-electron chi connectivity index (χ1n) is 8.01. The van der Waals surface area contributed by atoms with Crippen LogP contribution in [0.2, 0.25) is 5.02 Å². The van der Waals surface area contributed by atoms with Gasteiger partial charge in [0.15, 0.2) is 0 Å². The lowest BCUT2D eigenvalue weighted by molar-refractivity contribution is -0.111. The minimum absolute atomic E-state index is 0.154. The van der Waals surface area contributed by atoms with E-state index in [1.54, 1.807) is 6.08 Å². The molecule has 0 aromatic heterocycles. The average molecular weight is 334 g/mol. The Morgan fingerprint density at radius 1 is 1.26 bits per heavy atom. The highest BCUT2D eigenvalue weighted by atomic mass is 35.5. The molecule has 5 heteroatoms. The number of amides is 1. The van der Waals surface area contributed by atoms with E-state index < -0.39 is 0 Å². The molecule has 0 radical (unpaired) electrons. The van der Waals surface area contributed by atoms with Gasteiger partial charge in [-0.2, -0.15) is 0 Å². The summed E-state index contributed by atoms with van der Waals surface area (Å²) < 4.78 is 0. The van der Waals surface area contributed by atoms with E-state index in [-0.39, 0.29) is 5.91 Å². The minimum Gasteiger partial charge on any atom is -0.367 e. The zero-order chi connectivity index (χ0) is 16.7. The number of carbonyl (C=O) groups is 1. The highest BCUT2D eigenvalue weighted by Crippen LogP contribution is 2.30. The lowest BCUT2D eigenvalue weighted by Gasteiger charge is -2.36. The first-order chi connectivity index (χ1) is 11.1. The summed E-state index contributed by atoms with van der Waals surface area (Å²) in [5, 5.41) is 3.55. The molecular weight excluding hydrogens is 310 g/mol. The maximum absolute atomic E-state index is 12.0. The number of benzene rings is 1. The van der Waals surface area contributed by atoms with Crippen molar-refractivity contribution in [3.05, 3.63) is 47.5 Å². The monoisotopic (exact) mass is 333 g/mol. The number of halogens is 1. The fourth-order valence-corrected chi connectivity index (χ4v) is 2.79. The Morgan fingerprint density at radius 2 is 2.00 bits per heavy atom. The van der Waals surface area contributed by atoms with E-state index in [0.717, 1.165) is 44.1 Å². The Balaban J connectivity index is 2.13. The molecule has 1 amide bonds. The van der Waals surface area contributed by atoms with Crippen molar-refractivity contribution in [2.24, 2.45) is 0 Å². The maximum Gasteiger partial charge on any atom is 0.248 e. The molecule has 0 spiro atoms. The van der Waals surface area contributed by atoms with Crippen LogP contribution in [0.1, 0.15) is 13.8 Å². The molecule has 0 aliphatic carbocycles. The molecule has 124 valence electrons. The summed E-state index contributed by atoms with van der Waals surface area (Å²) in [6.45, 7) is 9.14. The molecule has 1 saturated heterocycles. The molecule has 1 N–H and O–H groups in total. The number of nitrogens with zero attached hydrogens (tertiary/aromatic N) is 2. The number of carbonyl (C=O) groups excluding carboxylic acids is 1. The molecule has 1 aromatic rings. The predicted octanol–water partition coefficient (Wildman–Crippen LogP) is 3.55. The Labute approximate surface area is 143 Å². The van der Waals surface area contributed by atoms with Gasteiger partial charge in [0.2, 0.25) is 5.91 Å². The molecular formula is C18H24ClN3O. The van der Waals surface area contributed by atoms with Crippen molar-refractivity contribution in [2.45, 2.75) is 13.8 Å². The second kappa shape index (κ2) is 8.75. The summed E-state index contributed by atoms with van der Waals surface area (Å²) in [5.74, 6) is -0.154. The molecule has 0 bridgehead atoms. The SMILES string of the molecule is C/C=C/C=C/C(=O)Nc1cc(Cl)ccc1N1CCN(CC)CC1. The summed E-state index contributed by atoms with van der Waals surface area (Å²) in [5.41, 5.74) is 1.79. The first kappa shape index (κ1) is 17.6. The maximum atomic E-state index is 12.0. The van der Waals surface area contributed by atoms with Crippen LogP contribution in [0.5, 0.6) is 0 Å². The van der Waals surface area contributed by atoms with Gasteiger partial charge >= 0.3 is 0 Å². The molecule has 4 nitrogen and oxygen atoms in total. The van der Waals surface area contributed by atoms with E-state index in [9.17, 15) is 4.79 Å². The van der Waals surface area contributed by atoms with Crippen LogP contribution in [0.25, 0.3) is 0 Å². The van der Waals surface area contributed by atoms with Crippen LogP contribution in [-0.2, 0) is 4.79 Å². The molecule has 1 heterocycles. The third-order valence-corrected chi connectivity index (χ3v) is 4.16. The van der Waals surface area contributed by atoms with Crippen LogP contribution in [0, 0.1) is 0 Å². The molecule has 23 heavy (non-hydrogen) atoms. The van der Waals surface area contributed by atoms with Gasteiger partial charge in [0.25, 0.3) is 0 Å². The summed E-state index contributed by atoms with van der Waals surface area (Å²) in [6.07, 6.45) is 6.93. The van der Waals surface area contributed by atoms with Crippen molar-refractivity contribution in [2.75, 3.05) is 42.9 Å². The molecule has 1 fully saturated rings. The van der Waals surface area contributed by atoms with Crippen molar-refractivity contribution >= 4 is 28.9 Å². The lowest BCUT2D eigenvalue weighted by Crippen LogP contribution is -2.46. The van der Waals surface area contributed by atoms with Gasteiger partial charge in [-0.05, 0) is 31.7 Å². The standard InChI is InChI=1S/C18H24ClN3O/c1-3-5-6-7-18(23)20-16-14-15(19)8-9-17(16)22-12-10-21(4-2)11-13-22/h3,5-9,14H,4,10-13H2,1-2H3,(H,20,23)/b5-3+,7-6+. The van der Waals surface area contributed by atoms with E-state index >= 15 is 0 Å². The molecule has 1 aromatic carbocycles. The number of allylic oxidation sites excluding steroid dienone is 3. The topological polar surface area (TPSA) is 35.6 Å². The fraction of sp³-hybridized carbons (Fsp3) is 0.389. The summed E-state index contributed by atoms with van der Waals surface area (Å²) >= 11 is 6.10.